The first-order chi connectivity index (χ1) is 13.4. The summed E-state index contributed by atoms with van der Waals surface area (Å²) < 4.78 is 10.4. The maximum atomic E-state index is 12.0. The number of hydrogen-bond donors (Lipinski definition) is 2. The first-order valence-electron chi connectivity index (χ1n) is 8.84. The van der Waals surface area contributed by atoms with Crippen molar-refractivity contribution in [2.45, 2.75) is 26.7 Å². The summed E-state index contributed by atoms with van der Waals surface area (Å²) >= 11 is 0. The minimum atomic E-state index is -0.348. The van der Waals surface area contributed by atoms with Crippen molar-refractivity contribution < 1.29 is 19.1 Å². The van der Waals surface area contributed by atoms with Crippen molar-refractivity contribution in [2.24, 2.45) is 5.10 Å². The van der Waals surface area contributed by atoms with Crippen LogP contribution in [0.15, 0.2) is 41.5 Å². The summed E-state index contributed by atoms with van der Waals surface area (Å²) in [4.78, 5) is 23.9. The highest BCUT2D eigenvalue weighted by atomic mass is 16.5. The smallest absolute Gasteiger partial charge is 0.240 e. The van der Waals surface area contributed by atoms with Gasteiger partial charge in [-0.3, -0.25) is 9.59 Å². The molecule has 2 amide bonds. The second-order valence-electron chi connectivity index (χ2n) is 6.25. The van der Waals surface area contributed by atoms with Crippen LogP contribution in [0.4, 0.5) is 5.69 Å². The molecule has 2 rings (SSSR count). The largest absolute Gasteiger partial charge is 0.497 e. The molecule has 148 valence electrons. The minimum Gasteiger partial charge on any atom is -0.497 e. The van der Waals surface area contributed by atoms with Crippen LogP contribution in [0.1, 0.15) is 29.5 Å². The van der Waals surface area contributed by atoms with E-state index in [0.717, 1.165) is 16.8 Å². The average molecular weight is 383 g/mol. The molecule has 7 heteroatoms. The Hall–Kier alpha value is -3.35. The van der Waals surface area contributed by atoms with Crippen LogP contribution in [-0.4, -0.2) is 32.2 Å². The van der Waals surface area contributed by atoms with Gasteiger partial charge in [-0.1, -0.05) is 6.07 Å². The number of ether oxygens (including phenoxy) is 2. The summed E-state index contributed by atoms with van der Waals surface area (Å²) in [6.45, 7) is 3.99. The van der Waals surface area contributed by atoms with E-state index in [1.54, 1.807) is 32.4 Å². The van der Waals surface area contributed by atoms with Crippen LogP contribution < -0.4 is 20.2 Å². The molecule has 0 aliphatic carbocycles. The number of nitrogens with zero attached hydrogens (tertiary/aromatic N) is 1. The normalized spacial score (nSPS) is 10.6. The van der Waals surface area contributed by atoms with Crippen molar-refractivity contribution in [2.75, 3.05) is 19.5 Å². The van der Waals surface area contributed by atoms with Crippen LogP contribution in [0.5, 0.6) is 11.5 Å². The Morgan fingerprint density at radius 1 is 0.964 bits per heavy atom. The number of benzene rings is 2. The molecule has 0 spiro atoms. The minimum absolute atomic E-state index is 0.0355. The molecule has 2 aromatic rings. The molecule has 2 N–H and O–H groups in total. The van der Waals surface area contributed by atoms with Gasteiger partial charge in [0.15, 0.2) is 0 Å². The van der Waals surface area contributed by atoms with Crippen molar-refractivity contribution in [3.8, 4) is 11.5 Å². The van der Waals surface area contributed by atoms with Gasteiger partial charge in [0.2, 0.25) is 11.8 Å². The molecule has 0 aliphatic heterocycles. The second-order valence-corrected chi connectivity index (χ2v) is 6.25. The fourth-order valence-corrected chi connectivity index (χ4v) is 2.42. The topological polar surface area (TPSA) is 89.0 Å². The van der Waals surface area contributed by atoms with E-state index in [4.69, 9.17) is 9.47 Å². The molecule has 0 aromatic heterocycles. The van der Waals surface area contributed by atoms with E-state index in [2.05, 4.69) is 15.8 Å². The summed E-state index contributed by atoms with van der Waals surface area (Å²) in [5.41, 5.74) is 6.07. The van der Waals surface area contributed by atoms with Gasteiger partial charge in [0.05, 0.1) is 20.4 Å². The van der Waals surface area contributed by atoms with Gasteiger partial charge in [0.25, 0.3) is 0 Å². The number of aryl methyl sites for hydroxylation is 2. The van der Waals surface area contributed by atoms with Crippen molar-refractivity contribution in [1.29, 1.82) is 0 Å². The van der Waals surface area contributed by atoms with Crippen molar-refractivity contribution in [1.82, 2.24) is 5.43 Å². The Morgan fingerprint density at radius 3 is 2.39 bits per heavy atom. The molecule has 0 saturated carbocycles. The molecule has 28 heavy (non-hydrogen) atoms. The number of carbonyl (C=O) groups excluding carboxylic acids is 2. The summed E-state index contributed by atoms with van der Waals surface area (Å²) in [6.07, 6.45) is 1.58. The number of methoxy groups -OCH3 is 2. The monoisotopic (exact) mass is 383 g/mol. The first kappa shape index (κ1) is 21.0. The van der Waals surface area contributed by atoms with Crippen molar-refractivity contribution in [3.05, 3.63) is 53.1 Å². The van der Waals surface area contributed by atoms with Crippen LogP contribution >= 0.6 is 0 Å². The summed E-state index contributed by atoms with van der Waals surface area (Å²) in [6, 6.07) is 10.9. The zero-order valence-corrected chi connectivity index (χ0v) is 16.5. The molecule has 0 fully saturated rings. The molecular formula is C21H25N3O4. The second kappa shape index (κ2) is 10.1. The van der Waals surface area contributed by atoms with Crippen LogP contribution in [0.25, 0.3) is 0 Å². The van der Waals surface area contributed by atoms with E-state index < -0.39 is 0 Å². The van der Waals surface area contributed by atoms with Crippen molar-refractivity contribution >= 4 is 23.7 Å². The Morgan fingerprint density at radius 2 is 1.71 bits per heavy atom. The fraction of sp³-hybridized carbons (Fsp3) is 0.286. The quantitative estimate of drug-likeness (QED) is 0.541. The van der Waals surface area contributed by atoms with Crippen LogP contribution in [-0.2, 0) is 9.59 Å². The number of rotatable bonds is 8. The summed E-state index contributed by atoms with van der Waals surface area (Å²) in [7, 11) is 3.11. The van der Waals surface area contributed by atoms with Gasteiger partial charge in [-0.25, -0.2) is 5.43 Å². The Kier molecular flexibility index (Phi) is 7.56. The van der Waals surface area contributed by atoms with Gasteiger partial charge in [0.1, 0.15) is 11.5 Å². The number of amides is 2. The summed E-state index contributed by atoms with van der Waals surface area (Å²) in [5, 5.41) is 6.70. The van der Waals surface area contributed by atoms with E-state index in [-0.39, 0.29) is 24.7 Å². The third-order valence-corrected chi connectivity index (χ3v) is 4.20. The highest BCUT2D eigenvalue weighted by Crippen LogP contribution is 2.23. The predicted octanol–water partition coefficient (Wildman–Crippen LogP) is 3.19. The molecule has 0 unspecified atom stereocenters. The number of nitrogens with one attached hydrogen (secondary N) is 2. The molecule has 2 aromatic carbocycles. The number of hydrazone groups is 1. The van der Waals surface area contributed by atoms with E-state index >= 15 is 0 Å². The molecule has 0 bridgehead atoms. The molecular weight excluding hydrogens is 358 g/mol. The Labute approximate surface area is 164 Å². The van der Waals surface area contributed by atoms with Gasteiger partial charge >= 0.3 is 0 Å². The lowest BCUT2D eigenvalue weighted by Crippen LogP contribution is -2.20. The number of hydrogen-bond acceptors (Lipinski definition) is 5. The predicted molar refractivity (Wildman–Crippen MR) is 109 cm³/mol. The first-order valence-corrected chi connectivity index (χ1v) is 8.84. The third kappa shape index (κ3) is 6.12. The molecule has 0 aliphatic rings. The van der Waals surface area contributed by atoms with Gasteiger partial charge in [-0.15, -0.1) is 0 Å². The molecule has 0 heterocycles. The van der Waals surface area contributed by atoms with E-state index in [1.165, 1.54) is 6.21 Å². The fourth-order valence-electron chi connectivity index (χ4n) is 2.42. The highest BCUT2D eigenvalue weighted by molar-refractivity contribution is 5.93. The lowest BCUT2D eigenvalue weighted by Gasteiger charge is -2.08. The van der Waals surface area contributed by atoms with Gasteiger partial charge < -0.3 is 14.8 Å². The summed E-state index contributed by atoms with van der Waals surface area (Å²) in [5.74, 6) is 0.663. The van der Waals surface area contributed by atoms with Gasteiger partial charge in [-0.2, -0.15) is 5.10 Å². The lowest BCUT2D eigenvalue weighted by molar-refractivity contribution is -0.124. The van der Waals surface area contributed by atoms with E-state index in [1.807, 2.05) is 32.0 Å². The number of anilines is 1. The number of carbonyl (C=O) groups is 2. The van der Waals surface area contributed by atoms with E-state index in [0.29, 0.717) is 17.1 Å². The van der Waals surface area contributed by atoms with Gasteiger partial charge in [-0.05, 0) is 49.2 Å². The molecule has 0 atom stereocenters. The molecule has 7 nitrogen and oxygen atoms in total. The average Bonchev–Trinajstić information content (AvgIpc) is 2.69. The Bertz CT molecular complexity index is 878. The zero-order valence-electron chi connectivity index (χ0n) is 16.5. The molecule has 0 radical (unpaired) electrons. The lowest BCUT2D eigenvalue weighted by atomic mass is 10.1. The zero-order chi connectivity index (χ0) is 20.5. The maximum absolute atomic E-state index is 12.0. The van der Waals surface area contributed by atoms with Crippen LogP contribution in [0, 0.1) is 13.8 Å². The SMILES string of the molecule is COc1ccc(/C=N/NC(=O)CCC(=O)Nc2ccc(C)c(C)c2)c(OC)c1. The van der Waals surface area contributed by atoms with Crippen molar-refractivity contribution in [3.63, 3.8) is 0 Å². The third-order valence-electron chi connectivity index (χ3n) is 4.20. The Balaban J connectivity index is 1.81. The van der Waals surface area contributed by atoms with E-state index in [9.17, 15) is 9.59 Å². The van der Waals surface area contributed by atoms with Crippen LogP contribution in [0.3, 0.4) is 0 Å². The molecule has 0 saturated heterocycles. The van der Waals surface area contributed by atoms with Gasteiger partial charge in [0, 0.05) is 30.2 Å². The standard InChI is InChI=1S/C21H25N3O4/c1-14-5-7-17(11-15(14)2)23-20(25)9-10-21(26)24-22-13-16-6-8-18(27-3)12-19(16)28-4/h5-8,11-13H,9-10H2,1-4H3,(H,23,25)(H,24,26)/b22-13+. The van der Waals surface area contributed by atoms with Crippen LogP contribution in [0.2, 0.25) is 0 Å². The highest BCUT2D eigenvalue weighted by Gasteiger charge is 2.08. The maximum Gasteiger partial charge on any atom is 0.240 e.